The molecule has 0 unspecified atom stereocenters. The Balaban J connectivity index is 1.10. The predicted octanol–water partition coefficient (Wildman–Crippen LogP) is 5.18. The number of morpholine rings is 1. The number of benzene rings is 3. The number of aliphatic hydroxyl groups is 1. The molecule has 3 aliphatic rings. The van der Waals surface area contributed by atoms with Gasteiger partial charge in [-0.15, -0.1) is 0 Å². The summed E-state index contributed by atoms with van der Waals surface area (Å²) in [4.78, 5) is 39.7. The van der Waals surface area contributed by atoms with E-state index in [1.807, 2.05) is 53.2 Å². The highest BCUT2D eigenvalue weighted by Crippen LogP contribution is 2.41. The average Bonchev–Trinajstić information content (AvgIpc) is 3.85. The zero-order valence-electron chi connectivity index (χ0n) is 25.4. The van der Waals surface area contributed by atoms with Crippen LogP contribution in [0.5, 0.6) is 0 Å². The Morgan fingerprint density at radius 3 is 2.61 bits per heavy atom. The first-order valence-electron chi connectivity index (χ1n) is 15.8. The topological polar surface area (TPSA) is 112 Å². The number of fused-ring (bicyclic) bond motifs is 2. The fourth-order valence-corrected chi connectivity index (χ4v) is 6.57. The highest BCUT2D eigenvalue weighted by atomic mass is 16.5. The zero-order valence-corrected chi connectivity index (χ0v) is 25.4. The van der Waals surface area contributed by atoms with E-state index in [4.69, 9.17) is 9.72 Å². The first kappa shape index (κ1) is 28.4. The molecule has 0 bridgehead atoms. The maximum absolute atomic E-state index is 13.8. The summed E-state index contributed by atoms with van der Waals surface area (Å²) < 4.78 is 7.26. The number of ether oxygens (including phenoxy) is 1. The maximum atomic E-state index is 13.8. The molecule has 2 aromatic heterocycles. The van der Waals surface area contributed by atoms with Crippen LogP contribution in [0.2, 0.25) is 0 Å². The number of carbonyl (C=O) groups excluding carboxylic acids is 2. The molecule has 4 heterocycles. The third-order valence-corrected chi connectivity index (χ3v) is 9.20. The quantitative estimate of drug-likeness (QED) is 0.260. The molecular weight excluding hydrogens is 580 g/mol. The van der Waals surface area contributed by atoms with Gasteiger partial charge in [-0.3, -0.25) is 9.59 Å². The predicted molar refractivity (Wildman–Crippen MR) is 175 cm³/mol. The van der Waals surface area contributed by atoms with E-state index in [2.05, 4.69) is 22.4 Å². The van der Waals surface area contributed by atoms with Crippen molar-refractivity contribution in [2.45, 2.75) is 31.8 Å². The number of aliphatic hydroxyl groups excluding tert-OH is 1. The van der Waals surface area contributed by atoms with E-state index in [0.717, 1.165) is 28.8 Å². The Morgan fingerprint density at radius 1 is 1.00 bits per heavy atom. The molecule has 3 aromatic carbocycles. The molecule has 232 valence electrons. The number of aromatic nitrogens is 3. The second kappa shape index (κ2) is 11.7. The van der Waals surface area contributed by atoms with Crippen molar-refractivity contribution in [3.63, 3.8) is 0 Å². The monoisotopic (exact) mass is 614 g/mol. The third kappa shape index (κ3) is 5.19. The largest absolute Gasteiger partial charge is 0.392 e. The van der Waals surface area contributed by atoms with E-state index in [-0.39, 0.29) is 18.4 Å². The van der Waals surface area contributed by atoms with Gasteiger partial charge >= 0.3 is 0 Å². The van der Waals surface area contributed by atoms with Gasteiger partial charge in [-0.25, -0.2) is 9.97 Å². The van der Waals surface area contributed by atoms with Gasteiger partial charge in [0.1, 0.15) is 0 Å². The molecule has 46 heavy (non-hydrogen) atoms. The van der Waals surface area contributed by atoms with E-state index < -0.39 is 0 Å². The first-order valence-corrected chi connectivity index (χ1v) is 15.8. The van der Waals surface area contributed by atoms with Crippen molar-refractivity contribution in [1.82, 2.24) is 19.3 Å². The summed E-state index contributed by atoms with van der Waals surface area (Å²) in [6, 6.07) is 19.3. The summed E-state index contributed by atoms with van der Waals surface area (Å²) in [7, 11) is 0. The molecule has 8 rings (SSSR count). The van der Waals surface area contributed by atoms with Crippen LogP contribution in [0.15, 0.2) is 79.3 Å². The number of nitrogens with zero attached hydrogens (tertiary/aromatic N) is 5. The van der Waals surface area contributed by atoms with Crippen molar-refractivity contribution in [1.29, 1.82) is 0 Å². The zero-order chi connectivity index (χ0) is 31.2. The van der Waals surface area contributed by atoms with Crippen LogP contribution >= 0.6 is 0 Å². The van der Waals surface area contributed by atoms with Crippen molar-refractivity contribution < 1.29 is 19.4 Å². The second-order valence-corrected chi connectivity index (χ2v) is 12.1. The van der Waals surface area contributed by atoms with Crippen LogP contribution in [0.3, 0.4) is 0 Å². The molecule has 1 saturated carbocycles. The Hall–Kier alpha value is -5.06. The van der Waals surface area contributed by atoms with Crippen LogP contribution in [-0.4, -0.2) is 69.0 Å². The van der Waals surface area contributed by atoms with Crippen LogP contribution in [0, 0.1) is 0 Å². The highest BCUT2D eigenvalue weighted by molar-refractivity contribution is 6.09. The average molecular weight is 615 g/mol. The number of hydrogen-bond acceptors (Lipinski definition) is 7. The van der Waals surface area contributed by atoms with Crippen LogP contribution in [-0.2, 0) is 17.8 Å². The van der Waals surface area contributed by atoms with E-state index >= 15 is 0 Å². The van der Waals surface area contributed by atoms with Gasteiger partial charge in [-0.2, -0.15) is 0 Å². The van der Waals surface area contributed by atoms with Gasteiger partial charge in [0, 0.05) is 66.2 Å². The van der Waals surface area contributed by atoms with Crippen molar-refractivity contribution in [3.8, 4) is 11.3 Å². The number of hydrogen-bond donors (Lipinski definition) is 2. The third-order valence-electron chi connectivity index (χ3n) is 9.20. The molecule has 10 heteroatoms. The van der Waals surface area contributed by atoms with E-state index in [0.29, 0.717) is 72.7 Å². The van der Waals surface area contributed by atoms with Crippen molar-refractivity contribution in [2.75, 3.05) is 43.1 Å². The minimum atomic E-state index is -0.256. The molecular formula is C36H34N6O4. The van der Waals surface area contributed by atoms with Crippen LogP contribution in [0.1, 0.15) is 56.2 Å². The normalized spacial score (nSPS) is 16.5. The second-order valence-electron chi connectivity index (χ2n) is 12.1. The molecule has 1 saturated heterocycles. The molecule has 2 N–H and O–H groups in total. The van der Waals surface area contributed by atoms with Gasteiger partial charge in [0.15, 0.2) is 11.5 Å². The molecule has 0 radical (unpaired) electrons. The van der Waals surface area contributed by atoms with Gasteiger partial charge in [0.25, 0.3) is 11.8 Å². The minimum absolute atomic E-state index is 0.0132. The Kier molecular flexibility index (Phi) is 7.23. The minimum Gasteiger partial charge on any atom is -0.392 e. The lowest BCUT2D eigenvalue weighted by Gasteiger charge is -2.31. The van der Waals surface area contributed by atoms with Crippen molar-refractivity contribution >= 4 is 34.7 Å². The SMILES string of the molecule is O=C(c1ccc(Nc2nc(-c3cccc(N4CCc5cc(C6CC6)ccc5C4=O)c3CO)cn3ccnc23)cc1)N1CCOCC1. The van der Waals surface area contributed by atoms with E-state index in [1.54, 1.807) is 28.1 Å². The Bertz CT molecular complexity index is 1960. The highest BCUT2D eigenvalue weighted by Gasteiger charge is 2.30. The summed E-state index contributed by atoms with van der Waals surface area (Å²) >= 11 is 0. The first-order chi connectivity index (χ1) is 22.6. The number of imidazole rings is 1. The van der Waals surface area contributed by atoms with Crippen molar-refractivity contribution in [2.24, 2.45) is 0 Å². The summed E-state index contributed by atoms with van der Waals surface area (Å²) in [5.41, 5.74) is 7.84. The number of rotatable bonds is 7. The summed E-state index contributed by atoms with van der Waals surface area (Å²) in [6.07, 6.45) is 8.65. The molecule has 5 aromatic rings. The standard InChI is InChI=1S/C36H34N6O4/c43-22-30-29(2-1-3-32(30)42-14-12-26-20-25(23-4-5-23)8-11-28(26)36(42)45)31-21-41-15-13-37-34(41)33(39-31)38-27-9-6-24(7-10-27)35(44)40-16-18-46-19-17-40/h1-3,6-11,13,15,20-21,23,43H,4-5,12,14,16-19,22H2,(H,38,39). The summed E-state index contributed by atoms with van der Waals surface area (Å²) in [6.45, 7) is 2.57. The lowest BCUT2D eigenvalue weighted by Crippen LogP contribution is -2.40. The number of carbonyl (C=O) groups is 2. The summed E-state index contributed by atoms with van der Waals surface area (Å²) in [5, 5.41) is 14.1. The Morgan fingerprint density at radius 2 is 1.83 bits per heavy atom. The molecule has 0 atom stereocenters. The van der Waals surface area contributed by atoms with Crippen LogP contribution in [0.4, 0.5) is 17.2 Å². The Labute approximate surface area is 266 Å². The van der Waals surface area contributed by atoms with E-state index in [9.17, 15) is 14.7 Å². The molecule has 10 nitrogen and oxygen atoms in total. The number of amides is 2. The maximum Gasteiger partial charge on any atom is 0.258 e. The lowest BCUT2D eigenvalue weighted by molar-refractivity contribution is 0.0303. The number of anilines is 3. The van der Waals surface area contributed by atoms with E-state index in [1.165, 1.54) is 18.4 Å². The molecule has 2 aliphatic heterocycles. The van der Waals surface area contributed by atoms with Gasteiger partial charge < -0.3 is 29.4 Å². The van der Waals surface area contributed by atoms with Gasteiger partial charge in [0.2, 0.25) is 0 Å². The fraction of sp³-hybridized carbons (Fsp3) is 0.278. The van der Waals surface area contributed by atoms with Crippen LogP contribution < -0.4 is 10.2 Å². The van der Waals surface area contributed by atoms with Gasteiger partial charge in [-0.05, 0) is 72.7 Å². The number of nitrogens with one attached hydrogen (secondary N) is 1. The summed E-state index contributed by atoms with van der Waals surface area (Å²) in [5.74, 6) is 1.10. The molecule has 2 fully saturated rings. The fourth-order valence-electron chi connectivity index (χ4n) is 6.57. The van der Waals surface area contributed by atoms with Gasteiger partial charge in [0.05, 0.1) is 31.2 Å². The lowest BCUT2D eigenvalue weighted by atomic mass is 9.93. The van der Waals surface area contributed by atoms with Crippen LogP contribution in [0.25, 0.3) is 16.9 Å². The van der Waals surface area contributed by atoms with Gasteiger partial charge in [-0.1, -0.05) is 24.3 Å². The molecule has 2 amide bonds. The van der Waals surface area contributed by atoms with Crippen molar-refractivity contribution in [3.05, 3.63) is 107 Å². The molecule has 0 spiro atoms. The molecule has 1 aliphatic carbocycles. The smallest absolute Gasteiger partial charge is 0.258 e.